The third-order valence-corrected chi connectivity index (χ3v) is 4.55. The number of carbonyl (C=O) groups is 1. The van der Waals surface area contributed by atoms with E-state index in [1.54, 1.807) is 12.4 Å². The maximum absolute atomic E-state index is 12.5. The monoisotopic (exact) mass is 257 g/mol. The van der Waals surface area contributed by atoms with Crippen LogP contribution in [-0.4, -0.2) is 34.2 Å². The largest absolute Gasteiger partial charge is 0.324 e. The van der Waals surface area contributed by atoms with Crippen LogP contribution in [0.5, 0.6) is 0 Å². The minimum Gasteiger partial charge on any atom is -0.324 e. The van der Waals surface area contributed by atoms with Crippen molar-refractivity contribution in [2.75, 3.05) is 18.4 Å². The molecular weight excluding hydrogens is 242 g/mol. The van der Waals surface area contributed by atoms with Crippen molar-refractivity contribution in [1.29, 1.82) is 0 Å². The summed E-state index contributed by atoms with van der Waals surface area (Å²) in [6.07, 6.45) is 5.52. The van der Waals surface area contributed by atoms with E-state index in [-0.39, 0.29) is 11.3 Å². The van der Waals surface area contributed by atoms with E-state index in [2.05, 4.69) is 25.8 Å². The van der Waals surface area contributed by atoms with Gasteiger partial charge in [0, 0.05) is 11.9 Å². The fourth-order valence-electron chi connectivity index (χ4n) is 3.24. The minimum atomic E-state index is -0.189. The molecule has 98 valence electrons. The van der Waals surface area contributed by atoms with Crippen molar-refractivity contribution >= 4 is 22.6 Å². The van der Waals surface area contributed by atoms with Crippen LogP contribution >= 0.6 is 0 Å². The van der Waals surface area contributed by atoms with Crippen molar-refractivity contribution in [3.05, 3.63) is 18.5 Å². The number of amides is 1. The van der Waals surface area contributed by atoms with E-state index in [0.29, 0.717) is 5.92 Å². The zero-order valence-corrected chi connectivity index (χ0v) is 10.4. The van der Waals surface area contributed by atoms with E-state index < -0.39 is 0 Å². The van der Waals surface area contributed by atoms with Gasteiger partial charge < -0.3 is 10.6 Å². The second kappa shape index (κ2) is 3.77. The number of H-pyrrole nitrogens is 1. The smallest absolute Gasteiger partial charge is 0.232 e. The van der Waals surface area contributed by atoms with E-state index in [1.807, 2.05) is 6.07 Å². The highest BCUT2D eigenvalue weighted by atomic mass is 16.2. The lowest BCUT2D eigenvalue weighted by Gasteiger charge is -2.42. The molecule has 1 saturated carbocycles. The fraction of sp³-hybridized carbons (Fsp3) is 0.462. The number of rotatable bonds is 2. The zero-order chi connectivity index (χ0) is 12.9. The number of nitrogens with zero attached hydrogens (tertiary/aromatic N) is 2. The molecule has 1 aliphatic heterocycles. The lowest BCUT2D eigenvalue weighted by molar-refractivity contribution is -0.132. The van der Waals surface area contributed by atoms with E-state index in [9.17, 15) is 4.79 Å². The molecule has 2 atom stereocenters. The highest BCUT2D eigenvalue weighted by Crippen LogP contribution is 2.49. The van der Waals surface area contributed by atoms with E-state index in [1.165, 1.54) is 0 Å². The molecule has 19 heavy (non-hydrogen) atoms. The van der Waals surface area contributed by atoms with Crippen molar-refractivity contribution in [1.82, 2.24) is 20.5 Å². The summed E-state index contributed by atoms with van der Waals surface area (Å²) in [5.74, 6) is 0.622. The summed E-state index contributed by atoms with van der Waals surface area (Å²) >= 11 is 0. The summed E-state index contributed by atoms with van der Waals surface area (Å²) in [4.78, 5) is 16.7. The molecular formula is C13H15N5O. The molecule has 2 fully saturated rings. The van der Waals surface area contributed by atoms with Crippen LogP contribution in [0.25, 0.3) is 11.0 Å². The number of nitrogens with one attached hydrogen (secondary N) is 3. The summed E-state index contributed by atoms with van der Waals surface area (Å²) in [7, 11) is 0. The normalized spacial score (nSPS) is 28.9. The third-order valence-electron chi connectivity index (χ3n) is 4.55. The van der Waals surface area contributed by atoms with Crippen molar-refractivity contribution in [3.63, 3.8) is 0 Å². The number of pyridine rings is 1. The van der Waals surface area contributed by atoms with Gasteiger partial charge in [-0.2, -0.15) is 5.10 Å². The first-order valence-corrected chi connectivity index (χ1v) is 6.59. The molecule has 3 heterocycles. The first-order chi connectivity index (χ1) is 9.28. The number of aromatic amines is 1. The van der Waals surface area contributed by atoms with Crippen LogP contribution in [-0.2, 0) is 4.79 Å². The predicted molar refractivity (Wildman–Crippen MR) is 70.5 cm³/mol. The molecule has 1 saturated heterocycles. The molecule has 1 aliphatic carbocycles. The zero-order valence-electron chi connectivity index (χ0n) is 10.4. The van der Waals surface area contributed by atoms with Gasteiger partial charge in [0.1, 0.15) is 0 Å². The first kappa shape index (κ1) is 10.9. The molecule has 0 bridgehead atoms. The molecule has 6 nitrogen and oxygen atoms in total. The summed E-state index contributed by atoms with van der Waals surface area (Å²) in [6, 6.07) is 1.90. The molecule has 2 aromatic heterocycles. The van der Waals surface area contributed by atoms with Gasteiger partial charge in [0.2, 0.25) is 5.91 Å². The van der Waals surface area contributed by atoms with E-state index >= 15 is 0 Å². The van der Waals surface area contributed by atoms with Crippen LogP contribution in [0, 0.1) is 11.3 Å². The Labute approximate surface area is 110 Å². The van der Waals surface area contributed by atoms with Gasteiger partial charge in [0.15, 0.2) is 5.65 Å². The molecule has 6 heteroatoms. The second-order valence-electron chi connectivity index (χ2n) is 5.51. The Morgan fingerprint density at radius 2 is 2.42 bits per heavy atom. The van der Waals surface area contributed by atoms with Crippen molar-refractivity contribution in [3.8, 4) is 0 Å². The van der Waals surface area contributed by atoms with Gasteiger partial charge in [-0.05, 0) is 31.4 Å². The molecule has 2 aliphatic rings. The number of carbonyl (C=O) groups excluding carboxylic acids is 1. The van der Waals surface area contributed by atoms with Gasteiger partial charge >= 0.3 is 0 Å². The highest BCUT2D eigenvalue weighted by molar-refractivity contribution is 5.97. The number of fused-ring (bicyclic) bond motifs is 2. The standard InChI is InChI=1S/C13H15N5O/c19-12(13-2-1-9(13)5-14-7-13)17-10-3-8-4-16-18-11(8)15-6-10/h3-4,6,9,14H,1-2,5,7H2,(H,17,19)(H,15,16,18)/t9-,13-/m0/s1. The molecule has 0 radical (unpaired) electrons. The van der Waals surface area contributed by atoms with Crippen LogP contribution in [0.2, 0.25) is 0 Å². The summed E-state index contributed by atoms with van der Waals surface area (Å²) < 4.78 is 0. The lowest BCUT2D eigenvalue weighted by Crippen LogP contribution is -2.49. The van der Waals surface area contributed by atoms with Gasteiger partial charge in [-0.1, -0.05) is 0 Å². The van der Waals surface area contributed by atoms with E-state index in [0.717, 1.165) is 42.7 Å². The number of anilines is 1. The van der Waals surface area contributed by atoms with Crippen molar-refractivity contribution < 1.29 is 4.79 Å². The van der Waals surface area contributed by atoms with E-state index in [4.69, 9.17) is 0 Å². The van der Waals surface area contributed by atoms with Crippen LogP contribution in [0.3, 0.4) is 0 Å². The van der Waals surface area contributed by atoms with Gasteiger partial charge in [-0.15, -0.1) is 0 Å². The van der Waals surface area contributed by atoms with Crippen molar-refractivity contribution in [2.24, 2.45) is 11.3 Å². The average molecular weight is 257 g/mol. The molecule has 0 spiro atoms. The Hall–Kier alpha value is -1.95. The van der Waals surface area contributed by atoms with Crippen LogP contribution < -0.4 is 10.6 Å². The number of aromatic nitrogens is 3. The molecule has 0 unspecified atom stereocenters. The fourth-order valence-corrected chi connectivity index (χ4v) is 3.24. The average Bonchev–Trinajstić information content (AvgIpc) is 2.94. The Morgan fingerprint density at radius 3 is 3.21 bits per heavy atom. The summed E-state index contributed by atoms with van der Waals surface area (Å²) in [5, 5.41) is 14.0. The maximum atomic E-state index is 12.5. The number of hydrogen-bond donors (Lipinski definition) is 3. The number of hydrogen-bond acceptors (Lipinski definition) is 4. The van der Waals surface area contributed by atoms with Crippen LogP contribution in [0.15, 0.2) is 18.5 Å². The maximum Gasteiger partial charge on any atom is 0.232 e. The highest BCUT2D eigenvalue weighted by Gasteiger charge is 2.55. The Bertz CT molecular complexity index is 651. The van der Waals surface area contributed by atoms with Gasteiger partial charge in [0.25, 0.3) is 0 Å². The van der Waals surface area contributed by atoms with Crippen molar-refractivity contribution in [2.45, 2.75) is 12.8 Å². The first-order valence-electron chi connectivity index (χ1n) is 6.59. The quantitative estimate of drug-likeness (QED) is 0.746. The predicted octanol–water partition coefficient (Wildman–Crippen LogP) is 0.896. The summed E-state index contributed by atoms with van der Waals surface area (Å²) in [5.41, 5.74) is 1.29. The van der Waals surface area contributed by atoms with Gasteiger partial charge in [0.05, 0.1) is 23.5 Å². The molecule has 3 N–H and O–H groups in total. The Kier molecular flexibility index (Phi) is 2.17. The molecule has 4 rings (SSSR count). The van der Waals surface area contributed by atoms with Gasteiger partial charge in [-0.3, -0.25) is 9.89 Å². The van der Waals surface area contributed by atoms with Crippen LogP contribution in [0.4, 0.5) is 5.69 Å². The molecule has 2 aromatic rings. The van der Waals surface area contributed by atoms with Gasteiger partial charge in [-0.25, -0.2) is 4.98 Å². The minimum absolute atomic E-state index is 0.124. The lowest BCUT2D eigenvalue weighted by atomic mass is 9.61. The third kappa shape index (κ3) is 1.49. The summed E-state index contributed by atoms with van der Waals surface area (Å²) in [6.45, 7) is 1.76. The second-order valence-corrected chi connectivity index (χ2v) is 5.51. The molecule has 1 amide bonds. The topological polar surface area (TPSA) is 82.7 Å². The Balaban J connectivity index is 1.59. The molecule has 0 aromatic carbocycles. The Morgan fingerprint density at radius 1 is 1.47 bits per heavy atom. The SMILES string of the molecule is O=C(Nc1cnc2[nH]ncc2c1)[C@]12CC[C@H]1CNC2. The van der Waals surface area contributed by atoms with Crippen LogP contribution in [0.1, 0.15) is 12.8 Å².